The van der Waals surface area contributed by atoms with E-state index in [-0.39, 0.29) is 0 Å². The first-order valence-corrected chi connectivity index (χ1v) is 10.5. The van der Waals surface area contributed by atoms with Gasteiger partial charge in [-0.1, -0.05) is 106 Å². The van der Waals surface area contributed by atoms with E-state index in [4.69, 9.17) is 0 Å². The first-order valence-electron chi connectivity index (χ1n) is 10.5. The first kappa shape index (κ1) is 19.8. The van der Waals surface area contributed by atoms with Gasteiger partial charge < -0.3 is 0 Å². The van der Waals surface area contributed by atoms with Crippen molar-refractivity contribution in [1.82, 2.24) is 0 Å². The summed E-state index contributed by atoms with van der Waals surface area (Å²) in [6.07, 6.45) is 20.9. The molecule has 0 heterocycles. The van der Waals surface area contributed by atoms with E-state index < -0.39 is 0 Å². The van der Waals surface area contributed by atoms with Crippen LogP contribution in [0.25, 0.3) is 10.8 Å². The van der Waals surface area contributed by atoms with Crippen LogP contribution in [0.2, 0.25) is 0 Å². The van der Waals surface area contributed by atoms with E-state index in [0.717, 1.165) is 0 Å². The molecule has 0 saturated heterocycles. The number of aryl methyl sites for hydroxylation is 1. The molecule has 2 aromatic carbocycles. The minimum Gasteiger partial charge on any atom is -0.0885 e. The zero-order chi connectivity index (χ0) is 17.6. The van der Waals surface area contributed by atoms with Gasteiger partial charge in [-0.25, -0.2) is 0 Å². The van der Waals surface area contributed by atoms with Crippen molar-refractivity contribution in [2.75, 3.05) is 0 Å². The standard InChI is InChI=1S/C25H36/c1-2-3-4-5-6-7-8-9-10-11-12-13-14-18-23-20-17-21-24-19-15-16-22-25(23)24/h5-6,15-17,19-22H,2-4,7-14,18H2,1H3/b6-5+. The van der Waals surface area contributed by atoms with Gasteiger partial charge in [-0.3, -0.25) is 0 Å². The Morgan fingerprint density at radius 2 is 1.28 bits per heavy atom. The highest BCUT2D eigenvalue weighted by Crippen LogP contribution is 2.20. The molecule has 2 aromatic rings. The Morgan fingerprint density at radius 1 is 0.640 bits per heavy atom. The molecule has 0 aromatic heterocycles. The van der Waals surface area contributed by atoms with Gasteiger partial charge in [0.15, 0.2) is 0 Å². The fourth-order valence-electron chi connectivity index (χ4n) is 3.53. The van der Waals surface area contributed by atoms with Gasteiger partial charge >= 0.3 is 0 Å². The molecule has 0 nitrogen and oxygen atoms in total. The topological polar surface area (TPSA) is 0 Å². The van der Waals surface area contributed by atoms with Gasteiger partial charge in [-0.05, 0) is 48.4 Å². The summed E-state index contributed by atoms with van der Waals surface area (Å²) in [6, 6.07) is 15.5. The summed E-state index contributed by atoms with van der Waals surface area (Å²) in [7, 11) is 0. The van der Waals surface area contributed by atoms with E-state index in [2.05, 4.69) is 61.5 Å². The van der Waals surface area contributed by atoms with Crippen LogP contribution in [-0.2, 0) is 6.42 Å². The van der Waals surface area contributed by atoms with Crippen LogP contribution >= 0.6 is 0 Å². The summed E-state index contributed by atoms with van der Waals surface area (Å²) < 4.78 is 0. The normalized spacial score (nSPS) is 11.6. The maximum atomic E-state index is 2.39. The molecule has 0 aliphatic heterocycles. The van der Waals surface area contributed by atoms with Crippen molar-refractivity contribution >= 4 is 10.8 Å². The highest BCUT2D eigenvalue weighted by atomic mass is 14.0. The van der Waals surface area contributed by atoms with E-state index in [1.807, 2.05) is 0 Å². The summed E-state index contributed by atoms with van der Waals surface area (Å²) in [5.41, 5.74) is 1.52. The number of allylic oxidation sites excluding steroid dienone is 2. The Hall–Kier alpha value is -1.56. The van der Waals surface area contributed by atoms with Gasteiger partial charge in [0, 0.05) is 0 Å². The second kappa shape index (κ2) is 12.8. The van der Waals surface area contributed by atoms with Crippen LogP contribution in [0.5, 0.6) is 0 Å². The monoisotopic (exact) mass is 336 g/mol. The van der Waals surface area contributed by atoms with E-state index in [1.54, 1.807) is 0 Å². The Labute approximate surface area is 155 Å². The van der Waals surface area contributed by atoms with Crippen molar-refractivity contribution in [2.24, 2.45) is 0 Å². The Bertz CT molecular complexity index is 603. The predicted octanol–water partition coefficient (Wildman–Crippen LogP) is 8.25. The molecule has 0 unspecified atom stereocenters. The van der Waals surface area contributed by atoms with E-state index >= 15 is 0 Å². The molecule has 0 spiro atoms. The molecular formula is C25H36. The van der Waals surface area contributed by atoms with Crippen molar-refractivity contribution in [3.05, 3.63) is 60.2 Å². The first-order chi connectivity index (χ1) is 12.4. The molecule has 0 fully saturated rings. The number of rotatable bonds is 13. The molecule has 0 aliphatic carbocycles. The maximum Gasteiger partial charge on any atom is -0.0152 e. The molecular weight excluding hydrogens is 300 g/mol. The van der Waals surface area contributed by atoms with Gasteiger partial charge in [0.2, 0.25) is 0 Å². The lowest BCUT2D eigenvalue weighted by Gasteiger charge is -2.06. The highest BCUT2D eigenvalue weighted by Gasteiger charge is 2.00. The molecule has 0 radical (unpaired) electrons. The highest BCUT2D eigenvalue weighted by molar-refractivity contribution is 5.85. The molecule has 0 atom stereocenters. The average Bonchev–Trinajstić information content (AvgIpc) is 2.65. The Kier molecular flexibility index (Phi) is 10.1. The van der Waals surface area contributed by atoms with Crippen molar-refractivity contribution in [3.63, 3.8) is 0 Å². The van der Waals surface area contributed by atoms with Crippen LogP contribution in [-0.4, -0.2) is 0 Å². The lowest BCUT2D eigenvalue weighted by molar-refractivity contribution is 0.581. The number of benzene rings is 2. The van der Waals surface area contributed by atoms with Crippen molar-refractivity contribution in [1.29, 1.82) is 0 Å². The lowest BCUT2D eigenvalue weighted by Crippen LogP contribution is -1.88. The largest absolute Gasteiger partial charge is 0.0885 e. The van der Waals surface area contributed by atoms with Crippen LogP contribution in [0.15, 0.2) is 54.6 Å². The van der Waals surface area contributed by atoms with Crippen molar-refractivity contribution in [3.8, 4) is 0 Å². The fourth-order valence-corrected chi connectivity index (χ4v) is 3.53. The van der Waals surface area contributed by atoms with E-state index in [9.17, 15) is 0 Å². The quantitative estimate of drug-likeness (QED) is 0.255. The smallest absolute Gasteiger partial charge is 0.0152 e. The second-order valence-corrected chi connectivity index (χ2v) is 7.27. The number of fused-ring (bicyclic) bond motifs is 1. The molecule has 0 amide bonds. The zero-order valence-corrected chi connectivity index (χ0v) is 16.2. The Morgan fingerprint density at radius 3 is 2.08 bits per heavy atom. The molecule has 25 heavy (non-hydrogen) atoms. The number of hydrogen-bond acceptors (Lipinski definition) is 0. The van der Waals surface area contributed by atoms with Gasteiger partial charge in [0.25, 0.3) is 0 Å². The van der Waals surface area contributed by atoms with E-state index in [0.29, 0.717) is 0 Å². The fraction of sp³-hybridized carbons (Fsp3) is 0.520. The van der Waals surface area contributed by atoms with Crippen molar-refractivity contribution in [2.45, 2.75) is 84.0 Å². The molecule has 0 aliphatic rings. The number of hydrogen-bond donors (Lipinski definition) is 0. The summed E-state index contributed by atoms with van der Waals surface area (Å²) in [5.74, 6) is 0. The van der Waals surface area contributed by atoms with Crippen molar-refractivity contribution < 1.29 is 0 Å². The molecule has 136 valence electrons. The summed E-state index contributed by atoms with van der Waals surface area (Å²) >= 11 is 0. The lowest BCUT2D eigenvalue weighted by atomic mass is 9.99. The van der Waals surface area contributed by atoms with E-state index in [1.165, 1.54) is 93.4 Å². The summed E-state index contributed by atoms with van der Waals surface area (Å²) in [4.78, 5) is 0. The summed E-state index contributed by atoms with van der Waals surface area (Å²) in [6.45, 7) is 2.26. The molecule has 0 bridgehead atoms. The minimum atomic E-state index is 1.23. The number of unbranched alkanes of at least 4 members (excludes halogenated alkanes) is 9. The molecule has 2 rings (SSSR count). The van der Waals surface area contributed by atoms with Crippen LogP contribution in [0.3, 0.4) is 0 Å². The van der Waals surface area contributed by atoms with Crippen LogP contribution in [0, 0.1) is 0 Å². The van der Waals surface area contributed by atoms with Gasteiger partial charge in [-0.15, -0.1) is 0 Å². The van der Waals surface area contributed by atoms with Crippen LogP contribution < -0.4 is 0 Å². The van der Waals surface area contributed by atoms with Crippen LogP contribution in [0.1, 0.15) is 83.1 Å². The molecule has 0 N–H and O–H groups in total. The minimum absolute atomic E-state index is 1.23. The van der Waals surface area contributed by atoms with Crippen LogP contribution in [0.4, 0.5) is 0 Å². The van der Waals surface area contributed by atoms with Gasteiger partial charge in [0.05, 0.1) is 0 Å². The molecule has 0 heteroatoms. The zero-order valence-electron chi connectivity index (χ0n) is 16.2. The second-order valence-electron chi connectivity index (χ2n) is 7.27. The van der Waals surface area contributed by atoms with Gasteiger partial charge in [-0.2, -0.15) is 0 Å². The maximum absolute atomic E-state index is 2.39. The third-order valence-electron chi connectivity index (χ3n) is 5.09. The SMILES string of the molecule is CCCC/C=C/CCCCCCCCCc1cccc2ccccc12. The van der Waals surface area contributed by atoms with Gasteiger partial charge in [0.1, 0.15) is 0 Å². The predicted molar refractivity (Wildman–Crippen MR) is 113 cm³/mol. The third kappa shape index (κ3) is 7.90. The summed E-state index contributed by atoms with van der Waals surface area (Å²) in [5, 5.41) is 2.82. The Balaban J connectivity index is 1.49. The average molecular weight is 337 g/mol. The molecule has 0 saturated carbocycles. The third-order valence-corrected chi connectivity index (χ3v) is 5.09.